The van der Waals surface area contributed by atoms with Crippen LogP contribution < -0.4 is 5.32 Å². The van der Waals surface area contributed by atoms with Gasteiger partial charge in [-0.25, -0.2) is 4.98 Å². The fourth-order valence-electron chi connectivity index (χ4n) is 3.64. The van der Waals surface area contributed by atoms with Crippen molar-refractivity contribution in [2.75, 3.05) is 19.8 Å². The first-order valence-corrected chi connectivity index (χ1v) is 8.78. The van der Waals surface area contributed by atoms with Crippen molar-refractivity contribution in [2.45, 2.75) is 43.9 Å². The molecule has 0 unspecified atom stereocenters. The molecular formula is C19H24N2O3. The van der Waals surface area contributed by atoms with Crippen LogP contribution in [0.15, 0.2) is 41.0 Å². The summed E-state index contributed by atoms with van der Waals surface area (Å²) in [5.74, 6) is 0.681. The number of nitrogens with zero attached hydrogens (tertiary/aromatic N) is 1. The summed E-state index contributed by atoms with van der Waals surface area (Å²) in [6.45, 7) is 3.19. The molecule has 4 rings (SSSR count). The van der Waals surface area contributed by atoms with Crippen LogP contribution >= 0.6 is 0 Å². The van der Waals surface area contributed by atoms with Gasteiger partial charge in [-0.2, -0.15) is 0 Å². The molecule has 5 heteroatoms. The SMILES string of the molecule is c1ccc(-c2nc(CN[C@H]3CCOC4(CCOCC4)C3)co2)cc1. The molecule has 0 aliphatic carbocycles. The topological polar surface area (TPSA) is 56.5 Å². The first kappa shape index (κ1) is 15.8. The molecule has 0 bridgehead atoms. The van der Waals surface area contributed by atoms with E-state index < -0.39 is 0 Å². The van der Waals surface area contributed by atoms with Crippen LogP contribution in [0.2, 0.25) is 0 Å². The van der Waals surface area contributed by atoms with Gasteiger partial charge in [0.15, 0.2) is 0 Å². The van der Waals surface area contributed by atoms with Crippen molar-refractivity contribution in [3.8, 4) is 11.5 Å². The summed E-state index contributed by atoms with van der Waals surface area (Å²) < 4.78 is 17.2. The van der Waals surface area contributed by atoms with Gasteiger partial charge in [-0.3, -0.25) is 0 Å². The summed E-state index contributed by atoms with van der Waals surface area (Å²) in [5.41, 5.74) is 1.98. The normalized spacial score (nSPS) is 23.4. The summed E-state index contributed by atoms with van der Waals surface area (Å²) in [5, 5.41) is 3.63. The lowest BCUT2D eigenvalue weighted by atomic mass is 9.84. The molecule has 2 aromatic rings. The van der Waals surface area contributed by atoms with E-state index in [1.165, 1.54) is 0 Å². The second-order valence-corrected chi connectivity index (χ2v) is 6.72. The second kappa shape index (κ2) is 7.05. The largest absolute Gasteiger partial charge is 0.444 e. The van der Waals surface area contributed by atoms with Crippen molar-refractivity contribution in [2.24, 2.45) is 0 Å². The fraction of sp³-hybridized carbons (Fsp3) is 0.526. The number of hydrogen-bond acceptors (Lipinski definition) is 5. The van der Waals surface area contributed by atoms with Gasteiger partial charge < -0.3 is 19.2 Å². The van der Waals surface area contributed by atoms with Crippen molar-refractivity contribution in [1.82, 2.24) is 10.3 Å². The van der Waals surface area contributed by atoms with E-state index in [1.54, 1.807) is 6.26 Å². The Morgan fingerprint density at radius 2 is 1.96 bits per heavy atom. The number of hydrogen-bond donors (Lipinski definition) is 1. The maximum absolute atomic E-state index is 6.10. The molecule has 0 amide bonds. The van der Waals surface area contributed by atoms with E-state index in [2.05, 4.69) is 10.3 Å². The second-order valence-electron chi connectivity index (χ2n) is 6.72. The van der Waals surface area contributed by atoms with Crippen molar-refractivity contribution in [1.29, 1.82) is 0 Å². The van der Waals surface area contributed by atoms with E-state index in [4.69, 9.17) is 13.9 Å². The summed E-state index contributed by atoms with van der Waals surface area (Å²) in [6, 6.07) is 10.5. The highest BCUT2D eigenvalue weighted by molar-refractivity contribution is 5.52. The van der Waals surface area contributed by atoms with Crippen molar-refractivity contribution in [3.05, 3.63) is 42.3 Å². The van der Waals surface area contributed by atoms with E-state index in [1.807, 2.05) is 30.3 Å². The highest BCUT2D eigenvalue weighted by Crippen LogP contribution is 2.34. The Kier molecular flexibility index (Phi) is 4.65. The van der Waals surface area contributed by atoms with Gasteiger partial charge in [0, 0.05) is 38.0 Å². The zero-order chi connectivity index (χ0) is 16.2. The average Bonchev–Trinajstić information content (AvgIpc) is 3.11. The molecule has 2 saturated heterocycles. The molecule has 0 saturated carbocycles. The highest BCUT2D eigenvalue weighted by Gasteiger charge is 2.38. The van der Waals surface area contributed by atoms with Crippen LogP contribution in [0.4, 0.5) is 0 Å². The summed E-state index contributed by atoms with van der Waals surface area (Å²) >= 11 is 0. The maximum Gasteiger partial charge on any atom is 0.226 e. The predicted octanol–water partition coefficient (Wildman–Crippen LogP) is 3.16. The Morgan fingerprint density at radius 3 is 2.79 bits per heavy atom. The third kappa shape index (κ3) is 3.53. The highest BCUT2D eigenvalue weighted by atomic mass is 16.5. The van der Waals surface area contributed by atoms with E-state index in [-0.39, 0.29) is 5.60 Å². The van der Waals surface area contributed by atoms with Crippen LogP contribution in [-0.4, -0.2) is 36.4 Å². The Bertz CT molecular complexity index is 644. The Labute approximate surface area is 142 Å². The molecule has 24 heavy (non-hydrogen) atoms. The smallest absolute Gasteiger partial charge is 0.226 e. The molecule has 0 radical (unpaired) electrons. The first-order chi connectivity index (χ1) is 11.8. The van der Waals surface area contributed by atoms with Crippen molar-refractivity contribution in [3.63, 3.8) is 0 Å². The van der Waals surface area contributed by atoms with E-state index >= 15 is 0 Å². The lowest BCUT2D eigenvalue weighted by Gasteiger charge is -2.43. The van der Waals surface area contributed by atoms with Gasteiger partial charge in [-0.05, 0) is 37.8 Å². The number of nitrogens with one attached hydrogen (secondary N) is 1. The van der Waals surface area contributed by atoms with E-state index in [0.29, 0.717) is 11.9 Å². The zero-order valence-electron chi connectivity index (χ0n) is 13.9. The Morgan fingerprint density at radius 1 is 1.12 bits per heavy atom. The molecule has 2 aliphatic heterocycles. The molecule has 5 nitrogen and oxygen atoms in total. The number of benzene rings is 1. The standard InChI is InChI=1S/C19H24N2O3/c1-2-4-15(5-3-1)18-21-17(14-23-18)13-20-16-6-9-24-19(12-16)7-10-22-11-8-19/h1-5,14,16,20H,6-13H2/t16-/m0/s1. The molecule has 1 atom stereocenters. The van der Waals surface area contributed by atoms with Gasteiger partial charge in [0.2, 0.25) is 5.89 Å². The maximum atomic E-state index is 6.10. The lowest BCUT2D eigenvalue weighted by molar-refractivity contribution is -0.140. The molecule has 2 aliphatic rings. The minimum Gasteiger partial charge on any atom is -0.444 e. The van der Waals surface area contributed by atoms with Crippen LogP contribution in [0.1, 0.15) is 31.4 Å². The molecule has 1 N–H and O–H groups in total. The molecule has 1 aromatic heterocycles. The number of rotatable bonds is 4. The van der Waals surface area contributed by atoms with Gasteiger partial charge in [0.1, 0.15) is 6.26 Å². The first-order valence-electron chi connectivity index (χ1n) is 8.78. The summed E-state index contributed by atoms with van der Waals surface area (Å²) in [7, 11) is 0. The number of aromatic nitrogens is 1. The third-order valence-corrected chi connectivity index (χ3v) is 5.04. The molecule has 3 heterocycles. The van der Waals surface area contributed by atoms with Gasteiger partial charge in [-0.15, -0.1) is 0 Å². The quantitative estimate of drug-likeness (QED) is 0.934. The van der Waals surface area contributed by atoms with Crippen molar-refractivity contribution >= 4 is 0 Å². The van der Waals surface area contributed by atoms with Crippen LogP contribution in [0.25, 0.3) is 11.5 Å². The zero-order valence-corrected chi connectivity index (χ0v) is 13.9. The molecule has 1 spiro atoms. The van der Waals surface area contributed by atoms with Crippen LogP contribution in [0.3, 0.4) is 0 Å². The minimum absolute atomic E-state index is 0.0210. The Hall–Kier alpha value is -1.69. The van der Waals surface area contributed by atoms with Crippen molar-refractivity contribution < 1.29 is 13.9 Å². The average molecular weight is 328 g/mol. The summed E-state index contributed by atoms with van der Waals surface area (Å²) in [4.78, 5) is 4.59. The minimum atomic E-state index is 0.0210. The molecule has 1 aromatic carbocycles. The van der Waals surface area contributed by atoms with E-state index in [0.717, 1.165) is 63.3 Å². The van der Waals surface area contributed by atoms with Crippen LogP contribution in [-0.2, 0) is 16.0 Å². The third-order valence-electron chi connectivity index (χ3n) is 5.04. The van der Waals surface area contributed by atoms with E-state index in [9.17, 15) is 0 Å². The number of oxazole rings is 1. The molecule has 128 valence electrons. The number of ether oxygens (including phenoxy) is 2. The monoisotopic (exact) mass is 328 g/mol. The van der Waals surface area contributed by atoms with Gasteiger partial charge in [0.05, 0.1) is 11.3 Å². The van der Waals surface area contributed by atoms with Crippen LogP contribution in [0.5, 0.6) is 0 Å². The summed E-state index contributed by atoms with van der Waals surface area (Å²) in [6.07, 6.45) is 5.87. The lowest BCUT2D eigenvalue weighted by Crippen LogP contribution is -2.49. The van der Waals surface area contributed by atoms with Crippen LogP contribution in [0, 0.1) is 0 Å². The van der Waals surface area contributed by atoms with Gasteiger partial charge in [-0.1, -0.05) is 18.2 Å². The molecule has 2 fully saturated rings. The molecular weight excluding hydrogens is 304 g/mol. The fourth-order valence-corrected chi connectivity index (χ4v) is 3.64. The van der Waals surface area contributed by atoms with Gasteiger partial charge >= 0.3 is 0 Å². The van der Waals surface area contributed by atoms with Gasteiger partial charge in [0.25, 0.3) is 0 Å². The predicted molar refractivity (Wildman–Crippen MR) is 90.5 cm³/mol. The Balaban J connectivity index is 1.34.